The third kappa shape index (κ3) is 4.89. The van der Waals surface area contributed by atoms with E-state index in [1.54, 1.807) is 20.8 Å². The fourth-order valence-electron chi connectivity index (χ4n) is 4.33. The molecule has 9 nitrogen and oxygen atoms in total. The van der Waals surface area contributed by atoms with E-state index in [1.165, 1.54) is 17.8 Å². The normalized spacial score (nSPS) is 13.5. The Morgan fingerprint density at radius 3 is 2.17 bits per heavy atom. The molecule has 9 heteroatoms. The number of amides is 2. The SMILES string of the molecule is Cn1nc(NC(=O)OCC2c3ccccc3-c3ccccc32)cc1C(=O)NC(C(=O)O)C(C)(C)C. The van der Waals surface area contributed by atoms with Gasteiger partial charge < -0.3 is 15.2 Å². The zero-order chi connectivity index (χ0) is 25.3. The van der Waals surface area contributed by atoms with Crippen molar-refractivity contribution in [2.75, 3.05) is 11.9 Å². The van der Waals surface area contributed by atoms with Crippen molar-refractivity contribution >= 4 is 23.8 Å². The van der Waals surface area contributed by atoms with Crippen LogP contribution < -0.4 is 10.6 Å². The van der Waals surface area contributed by atoms with Crippen LogP contribution >= 0.6 is 0 Å². The van der Waals surface area contributed by atoms with Gasteiger partial charge in [-0.05, 0) is 27.7 Å². The number of benzene rings is 2. The number of fused-ring (bicyclic) bond motifs is 3. The van der Waals surface area contributed by atoms with Gasteiger partial charge in [0.15, 0.2) is 5.82 Å². The van der Waals surface area contributed by atoms with Crippen molar-refractivity contribution in [1.29, 1.82) is 0 Å². The molecule has 3 N–H and O–H groups in total. The maximum absolute atomic E-state index is 12.7. The molecule has 0 aliphatic heterocycles. The van der Waals surface area contributed by atoms with Gasteiger partial charge in [0, 0.05) is 19.0 Å². The van der Waals surface area contributed by atoms with Crippen LogP contribution in [0.1, 0.15) is 48.3 Å². The van der Waals surface area contributed by atoms with E-state index in [-0.39, 0.29) is 24.0 Å². The molecular weight excluding hydrogens is 448 g/mol. The second-order valence-electron chi connectivity index (χ2n) is 9.60. The summed E-state index contributed by atoms with van der Waals surface area (Å²) in [6.45, 7) is 5.31. The van der Waals surface area contributed by atoms with Crippen LogP contribution in [-0.4, -0.2) is 45.5 Å². The van der Waals surface area contributed by atoms with Crippen LogP contribution in [0.4, 0.5) is 10.6 Å². The molecule has 182 valence electrons. The Kier molecular flexibility index (Phi) is 6.34. The molecule has 2 aromatic carbocycles. The molecule has 1 unspecified atom stereocenters. The predicted molar refractivity (Wildman–Crippen MR) is 130 cm³/mol. The average molecular weight is 477 g/mol. The van der Waals surface area contributed by atoms with Gasteiger partial charge in [-0.2, -0.15) is 5.10 Å². The summed E-state index contributed by atoms with van der Waals surface area (Å²) in [5, 5.41) is 18.7. The summed E-state index contributed by atoms with van der Waals surface area (Å²) in [5.41, 5.74) is 3.88. The van der Waals surface area contributed by atoms with E-state index in [1.807, 2.05) is 36.4 Å². The van der Waals surface area contributed by atoms with Crippen molar-refractivity contribution in [2.45, 2.75) is 32.7 Å². The number of rotatable bonds is 6. The lowest BCUT2D eigenvalue weighted by Crippen LogP contribution is -2.49. The third-order valence-electron chi connectivity index (χ3n) is 6.07. The Hall–Kier alpha value is -4.14. The van der Waals surface area contributed by atoms with Gasteiger partial charge in [-0.25, -0.2) is 9.59 Å². The van der Waals surface area contributed by atoms with E-state index >= 15 is 0 Å². The second-order valence-corrected chi connectivity index (χ2v) is 9.60. The fraction of sp³-hybridized carbons (Fsp3) is 0.308. The molecule has 0 spiro atoms. The van der Waals surface area contributed by atoms with E-state index in [0.29, 0.717) is 0 Å². The number of ether oxygens (including phenoxy) is 1. The molecular formula is C26H28N4O5. The Labute approximate surface area is 203 Å². The summed E-state index contributed by atoms with van der Waals surface area (Å²) < 4.78 is 6.79. The summed E-state index contributed by atoms with van der Waals surface area (Å²) >= 11 is 0. The van der Waals surface area contributed by atoms with E-state index in [4.69, 9.17) is 4.74 Å². The number of aryl methyl sites for hydroxylation is 1. The first kappa shape index (κ1) is 24.0. The molecule has 1 aromatic heterocycles. The number of nitrogens with one attached hydrogen (secondary N) is 2. The Morgan fingerprint density at radius 1 is 1.06 bits per heavy atom. The number of aliphatic carboxylic acids is 1. The van der Waals surface area contributed by atoms with Gasteiger partial charge in [0.1, 0.15) is 18.3 Å². The number of anilines is 1. The first-order valence-corrected chi connectivity index (χ1v) is 11.3. The van der Waals surface area contributed by atoms with Crippen molar-refractivity contribution in [3.05, 3.63) is 71.4 Å². The van der Waals surface area contributed by atoms with Gasteiger partial charge in [-0.1, -0.05) is 69.3 Å². The maximum Gasteiger partial charge on any atom is 0.412 e. The topological polar surface area (TPSA) is 123 Å². The molecule has 3 aromatic rings. The standard InChI is InChI=1S/C26H28N4O5/c1-26(2,3)22(24(32)33)28-23(31)20-13-21(29-30(20)4)27-25(34)35-14-19-17-11-7-5-9-15(17)16-10-6-8-12-18(16)19/h5-13,19,22H,14H2,1-4H3,(H,28,31)(H,32,33)(H,27,29,34). The maximum atomic E-state index is 12.7. The number of carbonyl (C=O) groups is 3. The minimum atomic E-state index is -1.13. The number of hydrogen-bond donors (Lipinski definition) is 3. The fourth-order valence-corrected chi connectivity index (χ4v) is 4.33. The molecule has 2 amide bonds. The minimum absolute atomic E-state index is 0.0800. The lowest BCUT2D eigenvalue weighted by molar-refractivity contribution is -0.142. The van der Waals surface area contributed by atoms with Crippen LogP contribution in [-0.2, 0) is 16.6 Å². The van der Waals surface area contributed by atoms with E-state index < -0.39 is 29.4 Å². The smallest absolute Gasteiger partial charge is 0.412 e. The van der Waals surface area contributed by atoms with Gasteiger partial charge >= 0.3 is 12.1 Å². The molecule has 1 heterocycles. The van der Waals surface area contributed by atoms with Crippen LogP contribution in [0.25, 0.3) is 11.1 Å². The van der Waals surface area contributed by atoms with Crippen LogP contribution in [0, 0.1) is 5.41 Å². The van der Waals surface area contributed by atoms with Crippen LogP contribution in [0.3, 0.4) is 0 Å². The summed E-state index contributed by atoms with van der Waals surface area (Å²) in [4.78, 5) is 36.8. The van der Waals surface area contributed by atoms with Crippen molar-refractivity contribution in [3.8, 4) is 11.1 Å². The summed E-state index contributed by atoms with van der Waals surface area (Å²) in [6, 6.07) is 16.4. The van der Waals surface area contributed by atoms with E-state index in [9.17, 15) is 19.5 Å². The molecule has 35 heavy (non-hydrogen) atoms. The van der Waals surface area contributed by atoms with Crippen molar-refractivity contribution in [2.24, 2.45) is 12.5 Å². The summed E-state index contributed by atoms with van der Waals surface area (Å²) in [7, 11) is 1.53. The third-order valence-corrected chi connectivity index (χ3v) is 6.07. The highest BCUT2D eigenvalue weighted by atomic mass is 16.5. The van der Waals surface area contributed by atoms with Gasteiger partial charge in [-0.15, -0.1) is 0 Å². The molecule has 4 rings (SSSR count). The molecule has 0 radical (unpaired) electrons. The molecule has 0 saturated carbocycles. The molecule has 1 aliphatic rings. The zero-order valence-corrected chi connectivity index (χ0v) is 20.0. The molecule has 1 atom stereocenters. The molecule has 0 bridgehead atoms. The highest BCUT2D eigenvalue weighted by Crippen LogP contribution is 2.44. The largest absolute Gasteiger partial charge is 0.480 e. The van der Waals surface area contributed by atoms with E-state index in [2.05, 4.69) is 27.9 Å². The van der Waals surface area contributed by atoms with Gasteiger partial charge in [0.2, 0.25) is 0 Å². The monoisotopic (exact) mass is 476 g/mol. The minimum Gasteiger partial charge on any atom is -0.480 e. The predicted octanol–water partition coefficient (Wildman–Crippen LogP) is 4.01. The van der Waals surface area contributed by atoms with Crippen LogP contribution in [0.5, 0.6) is 0 Å². The van der Waals surface area contributed by atoms with Crippen LogP contribution in [0.2, 0.25) is 0 Å². The molecule has 0 fully saturated rings. The van der Waals surface area contributed by atoms with Crippen LogP contribution in [0.15, 0.2) is 54.6 Å². The van der Waals surface area contributed by atoms with Crippen molar-refractivity contribution < 1.29 is 24.2 Å². The number of carbonyl (C=O) groups excluding carboxylic acids is 2. The molecule has 0 saturated heterocycles. The van der Waals surface area contributed by atoms with Gasteiger partial charge in [0.05, 0.1) is 0 Å². The van der Waals surface area contributed by atoms with Gasteiger partial charge in [-0.3, -0.25) is 14.8 Å². The number of aromatic nitrogens is 2. The lowest BCUT2D eigenvalue weighted by atomic mass is 9.86. The number of nitrogens with zero attached hydrogens (tertiary/aromatic N) is 2. The Balaban J connectivity index is 1.42. The lowest BCUT2D eigenvalue weighted by Gasteiger charge is -2.27. The van der Waals surface area contributed by atoms with Crippen molar-refractivity contribution in [3.63, 3.8) is 0 Å². The highest BCUT2D eigenvalue weighted by molar-refractivity contribution is 5.96. The highest BCUT2D eigenvalue weighted by Gasteiger charge is 2.34. The Morgan fingerprint density at radius 2 is 1.63 bits per heavy atom. The quantitative estimate of drug-likeness (QED) is 0.494. The number of hydrogen-bond acceptors (Lipinski definition) is 5. The number of carboxylic acid groups (broad SMARTS) is 1. The summed E-state index contributed by atoms with van der Waals surface area (Å²) in [5.74, 6) is -1.70. The zero-order valence-electron chi connectivity index (χ0n) is 20.0. The first-order chi connectivity index (χ1) is 16.6. The summed E-state index contributed by atoms with van der Waals surface area (Å²) in [6.07, 6.45) is -0.699. The first-order valence-electron chi connectivity index (χ1n) is 11.3. The van der Waals surface area contributed by atoms with Crippen molar-refractivity contribution in [1.82, 2.24) is 15.1 Å². The van der Waals surface area contributed by atoms with E-state index in [0.717, 1.165) is 22.3 Å². The number of carboxylic acids is 1. The molecule has 1 aliphatic carbocycles. The second kappa shape index (κ2) is 9.25. The Bertz CT molecular complexity index is 1250. The van der Waals surface area contributed by atoms with Gasteiger partial charge in [0.25, 0.3) is 5.91 Å². The average Bonchev–Trinajstić information content (AvgIpc) is 3.32.